The molecule has 0 aliphatic heterocycles. The van der Waals surface area contributed by atoms with Crippen molar-refractivity contribution < 1.29 is 9.66 Å². The fourth-order valence-corrected chi connectivity index (χ4v) is 2.56. The van der Waals surface area contributed by atoms with Gasteiger partial charge in [0, 0.05) is 30.2 Å². The number of H-pyrrole nitrogens is 1. The van der Waals surface area contributed by atoms with E-state index in [1.165, 1.54) is 18.2 Å². The predicted molar refractivity (Wildman–Crippen MR) is 92.7 cm³/mol. The van der Waals surface area contributed by atoms with E-state index in [2.05, 4.69) is 10.2 Å². The summed E-state index contributed by atoms with van der Waals surface area (Å²) in [4.78, 5) is 21.7. The Hall–Kier alpha value is -3.48. The second-order valence-electron chi connectivity index (χ2n) is 5.43. The molecule has 0 saturated carbocycles. The summed E-state index contributed by atoms with van der Waals surface area (Å²) in [6.07, 6.45) is 0.517. The number of ether oxygens (including phenoxy) is 1. The molecule has 0 fully saturated rings. The predicted octanol–water partition coefficient (Wildman–Crippen LogP) is 2.94. The van der Waals surface area contributed by atoms with Gasteiger partial charge in [-0.3, -0.25) is 14.9 Å². The Labute approximate surface area is 143 Å². The van der Waals surface area contributed by atoms with E-state index in [1.807, 2.05) is 18.2 Å². The molecule has 7 nitrogen and oxygen atoms in total. The van der Waals surface area contributed by atoms with Gasteiger partial charge in [-0.2, -0.15) is 5.10 Å². The van der Waals surface area contributed by atoms with E-state index in [4.69, 9.17) is 4.74 Å². The molecule has 0 amide bonds. The van der Waals surface area contributed by atoms with Crippen molar-refractivity contribution in [1.29, 1.82) is 0 Å². The highest BCUT2D eigenvalue weighted by molar-refractivity contribution is 5.73. The lowest BCUT2D eigenvalue weighted by atomic mass is 9.99. The normalized spacial score (nSPS) is 10.4. The molecule has 0 bridgehead atoms. The molecule has 2 aromatic carbocycles. The summed E-state index contributed by atoms with van der Waals surface area (Å²) in [7, 11) is 1.55. The van der Waals surface area contributed by atoms with Crippen LogP contribution in [0.3, 0.4) is 0 Å². The summed E-state index contributed by atoms with van der Waals surface area (Å²) in [5.41, 5.74) is 2.88. The van der Waals surface area contributed by atoms with Gasteiger partial charge in [0.05, 0.1) is 17.7 Å². The largest absolute Gasteiger partial charge is 0.496 e. The number of aromatic nitrogens is 2. The number of aromatic amines is 1. The third kappa shape index (κ3) is 3.72. The van der Waals surface area contributed by atoms with Gasteiger partial charge in [-0.25, -0.2) is 5.10 Å². The number of nitro groups is 1. The zero-order chi connectivity index (χ0) is 17.8. The summed E-state index contributed by atoms with van der Waals surface area (Å²) in [5, 5.41) is 17.4. The highest BCUT2D eigenvalue weighted by atomic mass is 16.6. The van der Waals surface area contributed by atoms with Gasteiger partial charge in [0.2, 0.25) is 0 Å². The molecule has 1 heterocycles. The highest BCUT2D eigenvalue weighted by Crippen LogP contribution is 2.33. The van der Waals surface area contributed by atoms with Crippen LogP contribution in [-0.2, 0) is 6.42 Å². The van der Waals surface area contributed by atoms with Crippen molar-refractivity contribution in [2.24, 2.45) is 0 Å². The monoisotopic (exact) mass is 337 g/mol. The van der Waals surface area contributed by atoms with Crippen molar-refractivity contribution >= 4 is 5.69 Å². The first kappa shape index (κ1) is 16.4. The minimum Gasteiger partial charge on any atom is -0.496 e. The Morgan fingerprint density at radius 3 is 2.68 bits per heavy atom. The highest BCUT2D eigenvalue weighted by Gasteiger charge is 2.12. The minimum atomic E-state index is -0.427. The van der Waals surface area contributed by atoms with Gasteiger partial charge in [-0.15, -0.1) is 0 Å². The molecule has 126 valence electrons. The van der Waals surface area contributed by atoms with Crippen LogP contribution in [0.1, 0.15) is 11.3 Å². The van der Waals surface area contributed by atoms with Crippen LogP contribution in [0.4, 0.5) is 5.69 Å². The fourth-order valence-electron chi connectivity index (χ4n) is 2.56. The first-order chi connectivity index (χ1) is 12.1. The molecule has 0 atom stereocenters. The van der Waals surface area contributed by atoms with E-state index >= 15 is 0 Å². The van der Waals surface area contributed by atoms with E-state index < -0.39 is 4.92 Å². The molecule has 1 aromatic heterocycles. The Kier molecular flexibility index (Phi) is 4.56. The Bertz CT molecular complexity index is 962. The minimum absolute atomic E-state index is 0.0206. The van der Waals surface area contributed by atoms with Crippen molar-refractivity contribution in [2.45, 2.75) is 6.42 Å². The number of hydrogen-bond donors (Lipinski definition) is 1. The third-order valence-electron chi connectivity index (χ3n) is 3.75. The van der Waals surface area contributed by atoms with Crippen molar-refractivity contribution in [2.75, 3.05) is 7.11 Å². The lowest BCUT2D eigenvalue weighted by Gasteiger charge is -2.11. The van der Waals surface area contributed by atoms with Gasteiger partial charge in [0.15, 0.2) is 0 Å². The molecule has 0 radical (unpaired) electrons. The average Bonchev–Trinajstić information content (AvgIpc) is 2.63. The maximum atomic E-state index is 11.1. The standard InChI is InChI=1S/C18H15N3O4/c1-25-17-7-5-12(9-14-6-8-18(22)20-19-14)10-16(17)13-3-2-4-15(11-13)21(23)24/h2-8,10-11H,9H2,1H3,(H,20,22). The zero-order valence-electron chi connectivity index (χ0n) is 13.4. The Balaban J connectivity index is 2.00. The van der Waals surface area contributed by atoms with Gasteiger partial charge in [0.25, 0.3) is 11.2 Å². The quantitative estimate of drug-likeness (QED) is 0.570. The molecule has 0 spiro atoms. The molecule has 1 N–H and O–H groups in total. The van der Waals surface area contributed by atoms with E-state index in [-0.39, 0.29) is 11.2 Å². The first-order valence-electron chi connectivity index (χ1n) is 7.53. The Morgan fingerprint density at radius 2 is 2.00 bits per heavy atom. The summed E-state index contributed by atoms with van der Waals surface area (Å²) >= 11 is 0. The van der Waals surface area contributed by atoms with Crippen LogP contribution in [0, 0.1) is 10.1 Å². The van der Waals surface area contributed by atoms with Crippen molar-refractivity contribution in [1.82, 2.24) is 10.2 Å². The van der Waals surface area contributed by atoms with Gasteiger partial charge < -0.3 is 4.74 Å². The SMILES string of the molecule is COc1ccc(Cc2ccc(=O)[nH]n2)cc1-c1cccc([N+](=O)[O-])c1. The van der Waals surface area contributed by atoms with E-state index in [0.29, 0.717) is 17.7 Å². The van der Waals surface area contributed by atoms with Gasteiger partial charge in [-0.1, -0.05) is 18.2 Å². The molecule has 0 saturated heterocycles. The number of nitrogens with zero attached hydrogens (tertiary/aromatic N) is 2. The van der Waals surface area contributed by atoms with Gasteiger partial charge in [0.1, 0.15) is 5.75 Å². The number of non-ortho nitro benzene ring substituents is 1. The van der Waals surface area contributed by atoms with Crippen molar-refractivity contribution in [3.8, 4) is 16.9 Å². The van der Waals surface area contributed by atoms with Crippen molar-refractivity contribution in [3.05, 3.63) is 86.3 Å². The average molecular weight is 337 g/mol. The second-order valence-corrected chi connectivity index (χ2v) is 5.43. The molecule has 0 unspecified atom stereocenters. The zero-order valence-corrected chi connectivity index (χ0v) is 13.4. The maximum absolute atomic E-state index is 11.1. The number of benzene rings is 2. The topological polar surface area (TPSA) is 98.1 Å². The summed E-state index contributed by atoms with van der Waals surface area (Å²) < 4.78 is 5.39. The number of nitro benzene ring substituents is 1. The molecule has 7 heteroatoms. The fraction of sp³-hybridized carbons (Fsp3) is 0.111. The van der Waals surface area contributed by atoms with Crippen LogP contribution in [0.5, 0.6) is 5.75 Å². The smallest absolute Gasteiger partial charge is 0.270 e. The van der Waals surface area contributed by atoms with Crippen molar-refractivity contribution in [3.63, 3.8) is 0 Å². The Morgan fingerprint density at radius 1 is 1.16 bits per heavy atom. The van der Waals surface area contributed by atoms with Crippen LogP contribution in [-0.4, -0.2) is 22.2 Å². The molecule has 0 aliphatic carbocycles. The third-order valence-corrected chi connectivity index (χ3v) is 3.75. The summed E-state index contributed by atoms with van der Waals surface area (Å²) in [5.74, 6) is 0.624. The van der Waals surface area contributed by atoms with E-state index in [9.17, 15) is 14.9 Å². The van der Waals surface area contributed by atoms with Gasteiger partial charge >= 0.3 is 0 Å². The van der Waals surface area contributed by atoms with Gasteiger partial charge in [-0.05, 0) is 29.3 Å². The van der Waals surface area contributed by atoms with Crippen LogP contribution in [0.2, 0.25) is 0 Å². The lowest BCUT2D eigenvalue weighted by Crippen LogP contribution is -2.07. The molecular formula is C18H15N3O4. The molecule has 3 rings (SSSR count). The summed E-state index contributed by atoms with van der Waals surface area (Å²) in [6.45, 7) is 0. The summed E-state index contributed by atoms with van der Waals surface area (Å²) in [6, 6.07) is 15.1. The second kappa shape index (κ2) is 6.96. The van der Waals surface area contributed by atoms with E-state index in [0.717, 1.165) is 16.8 Å². The number of nitrogens with one attached hydrogen (secondary N) is 1. The van der Waals surface area contributed by atoms with Crippen LogP contribution >= 0.6 is 0 Å². The number of rotatable bonds is 5. The number of methoxy groups -OCH3 is 1. The van der Waals surface area contributed by atoms with Crippen LogP contribution in [0.15, 0.2) is 59.4 Å². The maximum Gasteiger partial charge on any atom is 0.270 e. The molecule has 3 aromatic rings. The molecular weight excluding hydrogens is 322 g/mol. The van der Waals surface area contributed by atoms with Crippen LogP contribution in [0.25, 0.3) is 11.1 Å². The molecule has 25 heavy (non-hydrogen) atoms. The molecule has 0 aliphatic rings. The lowest BCUT2D eigenvalue weighted by molar-refractivity contribution is -0.384. The first-order valence-corrected chi connectivity index (χ1v) is 7.53. The number of hydrogen-bond acceptors (Lipinski definition) is 5. The van der Waals surface area contributed by atoms with Crippen LogP contribution < -0.4 is 10.3 Å². The van der Waals surface area contributed by atoms with E-state index in [1.54, 1.807) is 25.3 Å².